The third kappa shape index (κ3) is 3.17. The summed E-state index contributed by atoms with van der Waals surface area (Å²) in [6.45, 7) is 2.71. The topological polar surface area (TPSA) is 18.5 Å². The van der Waals surface area contributed by atoms with Crippen molar-refractivity contribution in [2.45, 2.75) is 38.1 Å². The number of hydrogen-bond acceptors (Lipinski definition) is 2. The molecule has 1 aliphatic rings. The van der Waals surface area contributed by atoms with Gasteiger partial charge in [0.05, 0.1) is 0 Å². The van der Waals surface area contributed by atoms with Crippen molar-refractivity contribution in [3.63, 3.8) is 0 Å². The van der Waals surface area contributed by atoms with Crippen LogP contribution >= 0.6 is 0 Å². The zero-order valence-corrected chi connectivity index (χ0v) is 12.5. The normalized spacial score (nSPS) is 25.1. The van der Waals surface area contributed by atoms with Crippen molar-refractivity contribution in [3.05, 3.63) is 71.8 Å². The Bertz CT molecular complexity index is 552. The van der Waals surface area contributed by atoms with Crippen LogP contribution in [0.5, 0.6) is 0 Å². The fourth-order valence-corrected chi connectivity index (χ4v) is 3.14. The monoisotopic (exact) mass is 282 g/mol. The predicted molar refractivity (Wildman–Crippen MR) is 84.0 cm³/mol. The highest BCUT2D eigenvalue weighted by Gasteiger charge is 2.42. The fourth-order valence-electron chi connectivity index (χ4n) is 3.14. The second-order valence-corrected chi connectivity index (χ2v) is 5.56. The van der Waals surface area contributed by atoms with Crippen LogP contribution in [0.1, 0.15) is 30.9 Å². The van der Waals surface area contributed by atoms with Gasteiger partial charge in [-0.1, -0.05) is 60.7 Å². The van der Waals surface area contributed by atoms with E-state index in [1.165, 1.54) is 11.1 Å². The van der Waals surface area contributed by atoms with E-state index in [-0.39, 0.29) is 11.9 Å². The molecule has 2 atom stereocenters. The second kappa shape index (κ2) is 6.42. The molecular weight excluding hydrogens is 260 g/mol. The Morgan fingerprint density at radius 2 is 1.71 bits per heavy atom. The lowest BCUT2D eigenvalue weighted by atomic mass is 9.85. The van der Waals surface area contributed by atoms with Crippen molar-refractivity contribution in [2.24, 2.45) is 0 Å². The number of hydrogen-bond donors (Lipinski definition) is 0. The zero-order valence-electron chi connectivity index (χ0n) is 12.5. The molecule has 0 aliphatic carbocycles. The molecule has 0 N–H and O–H groups in total. The van der Waals surface area contributed by atoms with Crippen LogP contribution in [0.2, 0.25) is 0 Å². The van der Waals surface area contributed by atoms with Crippen molar-refractivity contribution in [1.82, 2.24) is 0 Å². The van der Waals surface area contributed by atoms with Crippen molar-refractivity contribution in [1.29, 1.82) is 0 Å². The van der Waals surface area contributed by atoms with Gasteiger partial charge in [-0.05, 0) is 24.5 Å². The molecule has 0 unspecified atom stereocenters. The molecule has 3 rings (SSSR count). The Balaban J connectivity index is 1.89. The zero-order chi connectivity index (χ0) is 14.5. The molecule has 21 heavy (non-hydrogen) atoms. The minimum atomic E-state index is -0.261. The largest absolute Gasteiger partial charge is 0.353 e. The third-order valence-corrected chi connectivity index (χ3v) is 4.13. The van der Waals surface area contributed by atoms with E-state index in [2.05, 4.69) is 60.7 Å². The summed E-state index contributed by atoms with van der Waals surface area (Å²) in [7, 11) is 0. The van der Waals surface area contributed by atoms with Crippen molar-refractivity contribution in [3.8, 4) is 0 Å². The van der Waals surface area contributed by atoms with E-state index in [0.717, 1.165) is 19.3 Å². The Hall–Kier alpha value is -1.64. The maximum Gasteiger partial charge on any atom is 0.158 e. The summed E-state index contributed by atoms with van der Waals surface area (Å²) in [5.41, 5.74) is 2.29. The molecule has 110 valence electrons. The molecule has 1 saturated heterocycles. The van der Waals surface area contributed by atoms with Crippen LogP contribution in [0.15, 0.2) is 60.7 Å². The minimum absolute atomic E-state index is 0.0843. The first-order valence-corrected chi connectivity index (χ1v) is 7.71. The highest BCUT2D eigenvalue weighted by Crippen LogP contribution is 2.42. The molecule has 1 fully saturated rings. The van der Waals surface area contributed by atoms with Crippen LogP contribution in [0.25, 0.3) is 0 Å². The van der Waals surface area contributed by atoms with Crippen molar-refractivity contribution >= 4 is 0 Å². The molecule has 0 spiro atoms. The summed E-state index contributed by atoms with van der Waals surface area (Å²) < 4.78 is 12.1. The van der Waals surface area contributed by atoms with E-state index in [1.807, 2.05) is 6.92 Å². The van der Waals surface area contributed by atoms with Crippen molar-refractivity contribution < 1.29 is 9.47 Å². The van der Waals surface area contributed by atoms with Gasteiger partial charge in [-0.25, -0.2) is 0 Å². The lowest BCUT2D eigenvalue weighted by Gasteiger charge is -2.30. The first-order chi connectivity index (χ1) is 10.3. The van der Waals surface area contributed by atoms with Crippen LogP contribution in [0, 0.1) is 0 Å². The molecule has 0 aromatic heterocycles. The third-order valence-electron chi connectivity index (χ3n) is 4.13. The van der Waals surface area contributed by atoms with Gasteiger partial charge in [0.1, 0.15) is 5.60 Å². The molecule has 0 radical (unpaired) electrons. The molecule has 1 heterocycles. The Morgan fingerprint density at radius 1 is 1.05 bits per heavy atom. The molecular formula is C19H22O2. The average Bonchev–Trinajstić information content (AvgIpc) is 2.94. The standard InChI is InChI=1S/C19H22O2/c1-2-20-18-13-14-19(21-18,17-11-7-4-8-12-17)15-16-9-5-3-6-10-16/h3-12,18H,2,13-15H2,1H3/t18-,19-/m0/s1. The second-order valence-electron chi connectivity index (χ2n) is 5.56. The minimum Gasteiger partial charge on any atom is -0.353 e. The molecule has 2 heteroatoms. The summed E-state index contributed by atoms with van der Waals surface area (Å²) >= 11 is 0. The molecule has 2 aromatic carbocycles. The van der Waals surface area contributed by atoms with Crippen molar-refractivity contribution in [2.75, 3.05) is 6.61 Å². The highest BCUT2D eigenvalue weighted by atomic mass is 16.7. The number of ether oxygens (including phenoxy) is 2. The molecule has 0 amide bonds. The summed E-state index contributed by atoms with van der Waals surface area (Å²) in [6.07, 6.45) is 2.76. The van der Waals surface area contributed by atoms with Gasteiger partial charge >= 0.3 is 0 Å². The fraction of sp³-hybridized carbons (Fsp3) is 0.368. The van der Waals surface area contributed by atoms with Gasteiger partial charge in [-0.15, -0.1) is 0 Å². The maximum atomic E-state index is 6.36. The molecule has 2 nitrogen and oxygen atoms in total. The smallest absolute Gasteiger partial charge is 0.158 e. The number of rotatable bonds is 5. The Kier molecular flexibility index (Phi) is 4.37. The number of benzene rings is 2. The van der Waals surface area contributed by atoms with E-state index < -0.39 is 0 Å². The SMILES string of the molecule is CCO[C@@H]1CC[C@](Cc2ccccc2)(c2ccccc2)O1. The van der Waals surface area contributed by atoms with Gasteiger partial charge in [0, 0.05) is 19.4 Å². The Morgan fingerprint density at radius 3 is 2.38 bits per heavy atom. The van der Waals surface area contributed by atoms with Gasteiger partial charge in [-0.2, -0.15) is 0 Å². The van der Waals surface area contributed by atoms with E-state index in [9.17, 15) is 0 Å². The summed E-state index contributed by atoms with van der Waals surface area (Å²) in [6, 6.07) is 21.1. The van der Waals surface area contributed by atoms with Crippen LogP contribution in [0.3, 0.4) is 0 Å². The van der Waals surface area contributed by atoms with E-state index >= 15 is 0 Å². The lowest BCUT2D eigenvalue weighted by molar-refractivity contribution is -0.169. The maximum absolute atomic E-state index is 6.36. The molecule has 0 saturated carbocycles. The summed E-state index contributed by atoms with van der Waals surface area (Å²) in [5.74, 6) is 0. The van der Waals surface area contributed by atoms with Crippen LogP contribution in [0.4, 0.5) is 0 Å². The van der Waals surface area contributed by atoms with Gasteiger partial charge in [-0.3, -0.25) is 0 Å². The quantitative estimate of drug-likeness (QED) is 0.814. The van der Waals surface area contributed by atoms with Crippen LogP contribution in [-0.2, 0) is 21.5 Å². The summed E-state index contributed by atoms with van der Waals surface area (Å²) in [5, 5.41) is 0. The van der Waals surface area contributed by atoms with E-state index in [1.54, 1.807) is 0 Å². The molecule has 1 aliphatic heterocycles. The highest BCUT2D eigenvalue weighted by molar-refractivity contribution is 5.28. The van der Waals surface area contributed by atoms with Crippen LogP contribution < -0.4 is 0 Å². The van der Waals surface area contributed by atoms with Gasteiger partial charge in [0.15, 0.2) is 6.29 Å². The predicted octanol–water partition coefficient (Wildman–Crippen LogP) is 4.30. The first kappa shape index (κ1) is 14.3. The first-order valence-electron chi connectivity index (χ1n) is 7.71. The lowest BCUT2D eigenvalue weighted by Crippen LogP contribution is -2.30. The van der Waals surface area contributed by atoms with E-state index in [0.29, 0.717) is 6.61 Å². The van der Waals surface area contributed by atoms with Gasteiger partial charge < -0.3 is 9.47 Å². The average molecular weight is 282 g/mol. The van der Waals surface area contributed by atoms with E-state index in [4.69, 9.17) is 9.47 Å². The van der Waals surface area contributed by atoms with Crippen LogP contribution in [-0.4, -0.2) is 12.9 Å². The summed E-state index contributed by atoms with van der Waals surface area (Å²) in [4.78, 5) is 0. The Labute approximate surface area is 126 Å². The molecule has 0 bridgehead atoms. The van der Waals surface area contributed by atoms with Gasteiger partial charge in [0.2, 0.25) is 0 Å². The molecule has 2 aromatic rings. The van der Waals surface area contributed by atoms with Gasteiger partial charge in [0.25, 0.3) is 0 Å².